The van der Waals surface area contributed by atoms with Gasteiger partial charge in [-0.3, -0.25) is 0 Å². The second kappa shape index (κ2) is 5.90. The molecule has 0 saturated carbocycles. The third-order valence-corrected chi connectivity index (χ3v) is 2.11. The van der Waals surface area contributed by atoms with Crippen molar-refractivity contribution < 1.29 is 19.4 Å². The zero-order valence-electron chi connectivity index (χ0n) is 9.06. The molecule has 0 atom stereocenters. The summed E-state index contributed by atoms with van der Waals surface area (Å²) in [6, 6.07) is 6.82. The van der Waals surface area contributed by atoms with E-state index in [1.807, 2.05) is 0 Å². The topological polar surface area (TPSA) is 66.4 Å². The van der Waals surface area contributed by atoms with Gasteiger partial charge in [-0.15, -0.1) is 0 Å². The first-order valence-electron chi connectivity index (χ1n) is 5.10. The van der Waals surface area contributed by atoms with Gasteiger partial charge < -0.3 is 14.6 Å². The van der Waals surface area contributed by atoms with Crippen molar-refractivity contribution in [2.75, 3.05) is 6.61 Å². The second-order valence-electron chi connectivity index (χ2n) is 3.25. The van der Waals surface area contributed by atoms with Crippen molar-refractivity contribution in [1.82, 2.24) is 0 Å². The lowest BCUT2D eigenvalue weighted by Gasteiger charge is -2.08. The summed E-state index contributed by atoms with van der Waals surface area (Å²) in [5, 5.41) is 10.4. The molecule has 0 fully saturated rings. The quantitative estimate of drug-likeness (QED) is 0.681. The van der Waals surface area contributed by atoms with E-state index in [0.29, 0.717) is 17.7 Å². The minimum Gasteiger partial charge on any atom is -0.550 e. The first-order valence-corrected chi connectivity index (χ1v) is 5.10. The monoisotopic (exact) mass is 221 g/mol. The molecular formula is C12H13O4-. The Hall–Kier alpha value is -1.84. The van der Waals surface area contributed by atoms with Crippen molar-refractivity contribution in [3.63, 3.8) is 0 Å². The summed E-state index contributed by atoms with van der Waals surface area (Å²) in [6.07, 6.45) is 0.174. The fourth-order valence-corrected chi connectivity index (χ4v) is 1.38. The maximum absolute atomic E-state index is 11.5. The van der Waals surface area contributed by atoms with Gasteiger partial charge in [0.15, 0.2) is 0 Å². The van der Waals surface area contributed by atoms with E-state index in [4.69, 9.17) is 4.74 Å². The molecule has 0 aliphatic heterocycles. The molecule has 0 aliphatic carbocycles. The molecule has 1 aromatic carbocycles. The largest absolute Gasteiger partial charge is 0.550 e. The maximum Gasteiger partial charge on any atom is 0.338 e. The van der Waals surface area contributed by atoms with Crippen LogP contribution in [-0.4, -0.2) is 18.5 Å². The Balaban J connectivity index is 2.82. The molecule has 0 aromatic heterocycles. The Labute approximate surface area is 93.9 Å². The van der Waals surface area contributed by atoms with E-state index in [1.165, 1.54) is 0 Å². The van der Waals surface area contributed by atoms with Crippen LogP contribution in [0.2, 0.25) is 0 Å². The number of esters is 1. The molecule has 0 amide bonds. The number of rotatable bonds is 5. The van der Waals surface area contributed by atoms with Gasteiger partial charge in [0.2, 0.25) is 0 Å². The van der Waals surface area contributed by atoms with E-state index in [1.54, 1.807) is 31.2 Å². The lowest BCUT2D eigenvalue weighted by molar-refractivity contribution is -0.305. The van der Waals surface area contributed by atoms with Crippen molar-refractivity contribution in [3.05, 3.63) is 35.4 Å². The van der Waals surface area contributed by atoms with E-state index >= 15 is 0 Å². The van der Waals surface area contributed by atoms with E-state index < -0.39 is 11.9 Å². The van der Waals surface area contributed by atoms with Crippen LogP contribution in [0, 0.1) is 0 Å². The SMILES string of the molecule is CCOC(=O)c1ccccc1CCC(=O)[O-]. The number of benzene rings is 1. The van der Waals surface area contributed by atoms with E-state index in [-0.39, 0.29) is 12.8 Å². The highest BCUT2D eigenvalue weighted by atomic mass is 16.5. The lowest BCUT2D eigenvalue weighted by Crippen LogP contribution is -2.22. The van der Waals surface area contributed by atoms with Crippen molar-refractivity contribution in [3.8, 4) is 0 Å². The molecule has 0 heterocycles. The fraction of sp³-hybridized carbons (Fsp3) is 0.333. The number of carbonyl (C=O) groups excluding carboxylic acids is 2. The zero-order chi connectivity index (χ0) is 12.0. The highest BCUT2D eigenvalue weighted by molar-refractivity contribution is 5.91. The van der Waals surface area contributed by atoms with Crippen LogP contribution in [0.4, 0.5) is 0 Å². The van der Waals surface area contributed by atoms with Crippen LogP contribution in [-0.2, 0) is 16.0 Å². The Morgan fingerprint density at radius 2 is 2.00 bits per heavy atom. The summed E-state index contributed by atoms with van der Waals surface area (Å²) in [5.41, 5.74) is 1.09. The molecule has 0 bridgehead atoms. The van der Waals surface area contributed by atoms with Gasteiger partial charge in [0.05, 0.1) is 12.2 Å². The van der Waals surface area contributed by atoms with Crippen LogP contribution in [0.15, 0.2) is 24.3 Å². The number of hydrogen-bond donors (Lipinski definition) is 0. The molecule has 1 rings (SSSR count). The van der Waals surface area contributed by atoms with Gasteiger partial charge in [-0.1, -0.05) is 18.2 Å². The second-order valence-corrected chi connectivity index (χ2v) is 3.25. The summed E-state index contributed by atoms with van der Waals surface area (Å²) in [6.45, 7) is 2.02. The van der Waals surface area contributed by atoms with Gasteiger partial charge in [-0.2, -0.15) is 0 Å². The van der Waals surface area contributed by atoms with Gasteiger partial charge in [0, 0.05) is 5.97 Å². The van der Waals surface area contributed by atoms with Crippen LogP contribution in [0.1, 0.15) is 29.3 Å². The van der Waals surface area contributed by atoms with Crippen molar-refractivity contribution in [2.24, 2.45) is 0 Å². The summed E-state index contributed by atoms with van der Waals surface area (Å²) in [4.78, 5) is 21.9. The number of carbonyl (C=O) groups is 2. The minimum absolute atomic E-state index is 0.101. The van der Waals surface area contributed by atoms with Crippen molar-refractivity contribution in [1.29, 1.82) is 0 Å². The Bertz CT molecular complexity index is 384. The molecule has 0 N–H and O–H groups in total. The number of aryl methyl sites for hydroxylation is 1. The molecular weight excluding hydrogens is 208 g/mol. The smallest absolute Gasteiger partial charge is 0.338 e. The van der Waals surface area contributed by atoms with Crippen LogP contribution in [0.25, 0.3) is 0 Å². The number of carboxylic acids is 1. The summed E-state index contributed by atoms with van der Waals surface area (Å²) >= 11 is 0. The Kier molecular flexibility index (Phi) is 4.51. The number of ether oxygens (including phenoxy) is 1. The van der Waals surface area contributed by atoms with Crippen molar-refractivity contribution >= 4 is 11.9 Å². The van der Waals surface area contributed by atoms with Gasteiger partial charge in [0.25, 0.3) is 0 Å². The normalized spacial score (nSPS) is 9.81. The Morgan fingerprint density at radius 1 is 1.31 bits per heavy atom. The minimum atomic E-state index is -1.13. The molecule has 0 unspecified atom stereocenters. The lowest BCUT2D eigenvalue weighted by atomic mass is 10.0. The highest BCUT2D eigenvalue weighted by Crippen LogP contribution is 2.12. The van der Waals surface area contributed by atoms with Crippen LogP contribution < -0.4 is 5.11 Å². The summed E-state index contributed by atoms with van der Waals surface area (Å²) in [7, 11) is 0. The average molecular weight is 221 g/mol. The molecule has 4 nitrogen and oxygen atoms in total. The van der Waals surface area contributed by atoms with Crippen LogP contribution >= 0.6 is 0 Å². The van der Waals surface area contributed by atoms with Crippen LogP contribution in [0.5, 0.6) is 0 Å². The molecule has 0 radical (unpaired) electrons. The van der Waals surface area contributed by atoms with Crippen molar-refractivity contribution in [2.45, 2.75) is 19.8 Å². The molecule has 0 aliphatic rings. The number of aliphatic carboxylic acids is 1. The third-order valence-electron chi connectivity index (χ3n) is 2.11. The average Bonchev–Trinajstić information content (AvgIpc) is 2.27. The van der Waals surface area contributed by atoms with E-state index in [2.05, 4.69) is 0 Å². The summed E-state index contributed by atoms with van der Waals surface area (Å²) < 4.78 is 4.87. The van der Waals surface area contributed by atoms with E-state index in [0.717, 1.165) is 0 Å². The van der Waals surface area contributed by atoms with Gasteiger partial charge in [-0.05, 0) is 31.4 Å². The number of hydrogen-bond acceptors (Lipinski definition) is 4. The molecule has 4 heteroatoms. The zero-order valence-corrected chi connectivity index (χ0v) is 9.06. The predicted molar refractivity (Wildman–Crippen MR) is 55.7 cm³/mol. The maximum atomic E-state index is 11.5. The first-order chi connectivity index (χ1) is 7.65. The summed E-state index contributed by atoms with van der Waals surface area (Å²) in [5.74, 6) is -1.55. The fourth-order valence-electron chi connectivity index (χ4n) is 1.38. The van der Waals surface area contributed by atoms with Gasteiger partial charge >= 0.3 is 5.97 Å². The molecule has 1 aromatic rings. The standard InChI is InChI=1S/C12H14O4/c1-2-16-12(15)10-6-4-3-5-9(10)7-8-11(13)14/h3-6H,2,7-8H2,1H3,(H,13,14)/p-1. The first kappa shape index (κ1) is 12.2. The molecule has 0 spiro atoms. The van der Waals surface area contributed by atoms with Crippen LogP contribution in [0.3, 0.4) is 0 Å². The molecule has 16 heavy (non-hydrogen) atoms. The third kappa shape index (κ3) is 3.38. The van der Waals surface area contributed by atoms with Gasteiger partial charge in [-0.25, -0.2) is 4.79 Å². The molecule has 86 valence electrons. The number of carboxylic acid groups (broad SMARTS) is 1. The highest BCUT2D eigenvalue weighted by Gasteiger charge is 2.10. The molecule has 0 saturated heterocycles. The van der Waals surface area contributed by atoms with E-state index in [9.17, 15) is 14.7 Å². The Morgan fingerprint density at radius 3 is 2.62 bits per heavy atom. The predicted octanol–water partition coefficient (Wildman–Crippen LogP) is 0.546. The van der Waals surface area contributed by atoms with Gasteiger partial charge in [0.1, 0.15) is 0 Å².